The van der Waals surface area contributed by atoms with E-state index in [1.165, 1.54) is 10.5 Å². The minimum atomic E-state index is -0.789. The van der Waals surface area contributed by atoms with E-state index in [1.54, 1.807) is 0 Å². The van der Waals surface area contributed by atoms with Gasteiger partial charge in [0, 0.05) is 6.54 Å². The Kier molecular flexibility index (Phi) is 2.40. The van der Waals surface area contributed by atoms with Gasteiger partial charge in [-0.3, -0.25) is 9.69 Å². The molecule has 0 aromatic heterocycles. The minimum absolute atomic E-state index is 0.0840. The minimum Gasteiger partial charge on any atom is -0.319 e. The zero-order valence-corrected chi connectivity index (χ0v) is 10.4. The Morgan fingerprint density at radius 3 is 2.89 bits per heavy atom. The van der Waals surface area contributed by atoms with E-state index in [9.17, 15) is 9.59 Å². The van der Waals surface area contributed by atoms with Crippen LogP contribution in [0.3, 0.4) is 0 Å². The Morgan fingerprint density at radius 1 is 1.33 bits per heavy atom. The van der Waals surface area contributed by atoms with Crippen LogP contribution in [0.1, 0.15) is 30.9 Å². The topological polar surface area (TPSA) is 49.4 Å². The molecule has 1 atom stereocenters. The van der Waals surface area contributed by atoms with Crippen molar-refractivity contribution in [3.63, 3.8) is 0 Å². The number of amides is 3. The summed E-state index contributed by atoms with van der Waals surface area (Å²) in [6.07, 6.45) is 2.32. The van der Waals surface area contributed by atoms with Gasteiger partial charge in [0.05, 0.1) is 0 Å². The van der Waals surface area contributed by atoms with Gasteiger partial charge in [-0.05, 0) is 30.4 Å². The van der Waals surface area contributed by atoms with Crippen molar-refractivity contribution in [3.05, 3.63) is 35.4 Å². The molecule has 1 heterocycles. The Morgan fingerprint density at radius 2 is 2.11 bits per heavy atom. The van der Waals surface area contributed by atoms with Crippen molar-refractivity contribution in [2.75, 3.05) is 6.54 Å². The molecule has 1 saturated heterocycles. The molecule has 1 spiro atoms. The highest BCUT2D eigenvalue weighted by atomic mass is 16.2. The average Bonchev–Trinajstić information content (AvgIpc) is 2.86. The maximum Gasteiger partial charge on any atom is 0.325 e. The molecular formula is C14H16N2O2. The van der Waals surface area contributed by atoms with Crippen LogP contribution in [0.15, 0.2) is 24.3 Å². The molecule has 0 bridgehead atoms. The number of carbonyl (C=O) groups excluding carboxylic acids is 2. The van der Waals surface area contributed by atoms with E-state index in [2.05, 4.69) is 5.32 Å². The summed E-state index contributed by atoms with van der Waals surface area (Å²) in [7, 11) is 0. The van der Waals surface area contributed by atoms with Gasteiger partial charge in [0.2, 0.25) is 0 Å². The van der Waals surface area contributed by atoms with Gasteiger partial charge >= 0.3 is 6.03 Å². The van der Waals surface area contributed by atoms with Crippen LogP contribution in [0.25, 0.3) is 0 Å². The molecule has 18 heavy (non-hydrogen) atoms. The van der Waals surface area contributed by atoms with E-state index in [0.29, 0.717) is 13.0 Å². The largest absolute Gasteiger partial charge is 0.325 e. The van der Waals surface area contributed by atoms with Crippen LogP contribution < -0.4 is 5.32 Å². The summed E-state index contributed by atoms with van der Waals surface area (Å²) >= 11 is 0. The number of urea groups is 1. The zero-order chi connectivity index (χ0) is 12.8. The van der Waals surface area contributed by atoms with Crippen molar-refractivity contribution in [2.45, 2.75) is 31.7 Å². The lowest BCUT2D eigenvalue weighted by Gasteiger charge is -2.22. The maximum absolute atomic E-state index is 12.5. The summed E-state index contributed by atoms with van der Waals surface area (Å²) < 4.78 is 0. The average molecular weight is 244 g/mol. The number of benzene rings is 1. The molecule has 1 aliphatic heterocycles. The number of aryl methyl sites for hydroxylation is 1. The molecule has 94 valence electrons. The molecule has 3 rings (SSSR count). The van der Waals surface area contributed by atoms with E-state index in [-0.39, 0.29) is 11.9 Å². The number of carbonyl (C=O) groups is 2. The fourth-order valence-electron chi connectivity index (χ4n) is 3.02. The Balaban J connectivity index is 2.04. The molecule has 4 heteroatoms. The third-order valence-electron chi connectivity index (χ3n) is 3.87. The monoisotopic (exact) mass is 244 g/mol. The zero-order valence-electron chi connectivity index (χ0n) is 10.4. The first-order valence-electron chi connectivity index (χ1n) is 6.41. The van der Waals surface area contributed by atoms with E-state index < -0.39 is 5.54 Å². The van der Waals surface area contributed by atoms with Crippen LogP contribution in [-0.2, 0) is 16.8 Å². The number of fused-ring (bicyclic) bond motifs is 2. The smallest absolute Gasteiger partial charge is 0.319 e. The van der Waals surface area contributed by atoms with Crippen LogP contribution in [0, 0.1) is 0 Å². The van der Waals surface area contributed by atoms with E-state index in [0.717, 1.165) is 18.4 Å². The highest BCUT2D eigenvalue weighted by molar-refractivity contribution is 6.08. The number of nitrogens with zero attached hydrogens (tertiary/aromatic N) is 1. The summed E-state index contributed by atoms with van der Waals surface area (Å²) in [6.45, 7) is 2.46. The van der Waals surface area contributed by atoms with E-state index in [1.807, 2.05) is 31.2 Å². The van der Waals surface area contributed by atoms with Crippen LogP contribution in [0.2, 0.25) is 0 Å². The van der Waals surface area contributed by atoms with Gasteiger partial charge in [-0.15, -0.1) is 0 Å². The molecule has 0 saturated carbocycles. The highest BCUT2D eigenvalue weighted by Crippen LogP contribution is 2.41. The van der Waals surface area contributed by atoms with Gasteiger partial charge in [0.25, 0.3) is 5.91 Å². The molecule has 0 radical (unpaired) electrons. The van der Waals surface area contributed by atoms with E-state index >= 15 is 0 Å². The summed E-state index contributed by atoms with van der Waals surface area (Å²) in [5.74, 6) is -0.0840. The van der Waals surface area contributed by atoms with Crippen molar-refractivity contribution >= 4 is 11.9 Å². The first-order valence-corrected chi connectivity index (χ1v) is 6.41. The summed E-state index contributed by atoms with van der Waals surface area (Å²) in [5, 5.41) is 2.91. The number of rotatable bonds is 2. The van der Waals surface area contributed by atoms with Gasteiger partial charge in [-0.1, -0.05) is 31.2 Å². The second-order valence-electron chi connectivity index (χ2n) is 4.95. The molecule has 2 aliphatic rings. The molecule has 1 aromatic carbocycles. The number of imide groups is 1. The standard InChI is InChI=1S/C14H16N2O2/c1-2-9-16-12(17)14(15-13(16)18)8-7-10-5-3-4-6-11(10)14/h3-6H,2,7-9H2,1H3,(H,15,18). The first-order chi connectivity index (χ1) is 8.69. The van der Waals surface area contributed by atoms with Crippen molar-refractivity contribution in [1.82, 2.24) is 10.2 Å². The van der Waals surface area contributed by atoms with Crippen LogP contribution in [0.4, 0.5) is 4.79 Å². The fourth-order valence-corrected chi connectivity index (χ4v) is 3.02. The molecule has 4 nitrogen and oxygen atoms in total. The Hall–Kier alpha value is -1.84. The predicted octanol–water partition coefficient (Wildman–Crippen LogP) is 1.79. The van der Waals surface area contributed by atoms with Crippen LogP contribution in [0.5, 0.6) is 0 Å². The second-order valence-corrected chi connectivity index (χ2v) is 4.95. The molecule has 1 aliphatic carbocycles. The summed E-state index contributed by atoms with van der Waals surface area (Å²) in [5.41, 5.74) is 1.36. The van der Waals surface area contributed by atoms with Gasteiger partial charge in [0.15, 0.2) is 0 Å². The summed E-state index contributed by atoms with van der Waals surface area (Å²) in [4.78, 5) is 25.8. The summed E-state index contributed by atoms with van der Waals surface area (Å²) in [6, 6.07) is 7.64. The van der Waals surface area contributed by atoms with Crippen molar-refractivity contribution in [2.24, 2.45) is 0 Å². The maximum atomic E-state index is 12.5. The normalized spacial score (nSPS) is 25.7. The SMILES string of the molecule is CCCN1C(=O)NC2(CCc3ccccc32)C1=O. The van der Waals surface area contributed by atoms with Crippen molar-refractivity contribution in [1.29, 1.82) is 0 Å². The molecular weight excluding hydrogens is 228 g/mol. The van der Waals surface area contributed by atoms with Crippen LogP contribution in [-0.4, -0.2) is 23.4 Å². The third kappa shape index (κ3) is 1.32. The number of nitrogens with one attached hydrogen (secondary N) is 1. The molecule has 1 aromatic rings. The lowest BCUT2D eigenvalue weighted by atomic mass is 9.92. The van der Waals surface area contributed by atoms with Gasteiger partial charge in [-0.25, -0.2) is 4.79 Å². The lowest BCUT2D eigenvalue weighted by molar-refractivity contribution is -0.131. The molecule has 1 fully saturated rings. The second kappa shape index (κ2) is 3.83. The van der Waals surface area contributed by atoms with Crippen molar-refractivity contribution in [3.8, 4) is 0 Å². The van der Waals surface area contributed by atoms with E-state index in [4.69, 9.17) is 0 Å². The first kappa shape index (κ1) is 11.3. The Labute approximate surface area is 106 Å². The van der Waals surface area contributed by atoms with Gasteiger partial charge in [-0.2, -0.15) is 0 Å². The molecule has 1 unspecified atom stereocenters. The number of hydrogen-bond donors (Lipinski definition) is 1. The Bertz CT molecular complexity index is 526. The molecule has 3 amide bonds. The van der Waals surface area contributed by atoms with Crippen molar-refractivity contribution < 1.29 is 9.59 Å². The predicted molar refractivity (Wildman–Crippen MR) is 67.0 cm³/mol. The van der Waals surface area contributed by atoms with Crippen LogP contribution >= 0.6 is 0 Å². The van der Waals surface area contributed by atoms with Gasteiger partial charge < -0.3 is 5.32 Å². The third-order valence-corrected chi connectivity index (χ3v) is 3.87. The lowest BCUT2D eigenvalue weighted by Crippen LogP contribution is -2.42. The fraction of sp³-hybridized carbons (Fsp3) is 0.429. The quantitative estimate of drug-likeness (QED) is 0.806. The molecule has 1 N–H and O–H groups in total. The number of hydrogen-bond acceptors (Lipinski definition) is 2. The highest BCUT2D eigenvalue weighted by Gasteiger charge is 2.54. The van der Waals surface area contributed by atoms with Gasteiger partial charge in [0.1, 0.15) is 5.54 Å².